The monoisotopic (exact) mass is 222 g/mol. The second-order valence-electron chi connectivity index (χ2n) is 4.61. The molecule has 1 aliphatic rings. The van der Waals surface area contributed by atoms with Crippen molar-refractivity contribution < 1.29 is 13.9 Å². The van der Waals surface area contributed by atoms with Gasteiger partial charge in [-0.15, -0.1) is 0 Å². The number of carbonyl (C=O) groups is 1. The van der Waals surface area contributed by atoms with Crippen molar-refractivity contribution in [2.75, 3.05) is 0 Å². The normalized spacial score (nSPS) is 18.4. The number of halogens is 1. The maximum absolute atomic E-state index is 12.9. The van der Waals surface area contributed by atoms with Gasteiger partial charge in [-0.1, -0.05) is 18.9 Å². The maximum Gasteiger partial charge on any atom is 0.317 e. The zero-order chi connectivity index (χ0) is 11.6. The summed E-state index contributed by atoms with van der Waals surface area (Å²) in [4.78, 5) is 11.9. The fourth-order valence-corrected chi connectivity index (χ4v) is 2.12. The van der Waals surface area contributed by atoms with Crippen molar-refractivity contribution in [1.82, 2.24) is 0 Å². The largest absolute Gasteiger partial charge is 0.426 e. The smallest absolute Gasteiger partial charge is 0.317 e. The number of benzene rings is 1. The predicted octanol–water partition coefficient (Wildman–Crippen LogP) is 3.31. The molecule has 0 spiro atoms. The van der Waals surface area contributed by atoms with Gasteiger partial charge in [-0.05, 0) is 31.9 Å². The van der Waals surface area contributed by atoms with E-state index in [9.17, 15) is 9.18 Å². The van der Waals surface area contributed by atoms with E-state index in [0.717, 1.165) is 25.7 Å². The minimum absolute atomic E-state index is 0.240. The Bertz CT molecular complexity index is 395. The predicted molar refractivity (Wildman–Crippen MR) is 58.6 cm³/mol. The first-order valence-electron chi connectivity index (χ1n) is 5.58. The fourth-order valence-electron chi connectivity index (χ4n) is 2.12. The van der Waals surface area contributed by atoms with Crippen molar-refractivity contribution in [2.24, 2.45) is 5.41 Å². The Morgan fingerprint density at radius 3 is 2.69 bits per heavy atom. The quantitative estimate of drug-likeness (QED) is 0.567. The standard InChI is InChI=1S/C13H15FO2/c1-13(7-2-3-8-13)12(15)16-11-6-4-5-10(14)9-11/h4-6,9H,2-3,7-8H2,1H3. The third-order valence-electron chi connectivity index (χ3n) is 3.21. The summed E-state index contributed by atoms with van der Waals surface area (Å²) < 4.78 is 18.1. The molecule has 1 fully saturated rings. The van der Waals surface area contributed by atoms with Crippen LogP contribution in [0.3, 0.4) is 0 Å². The fraction of sp³-hybridized carbons (Fsp3) is 0.462. The Morgan fingerprint density at radius 1 is 1.38 bits per heavy atom. The van der Waals surface area contributed by atoms with Gasteiger partial charge in [0, 0.05) is 6.07 Å². The first kappa shape index (κ1) is 11.1. The van der Waals surface area contributed by atoms with Crippen molar-refractivity contribution in [2.45, 2.75) is 32.6 Å². The summed E-state index contributed by atoms with van der Waals surface area (Å²) in [6, 6.07) is 5.69. The van der Waals surface area contributed by atoms with Gasteiger partial charge in [0.05, 0.1) is 5.41 Å². The van der Waals surface area contributed by atoms with E-state index >= 15 is 0 Å². The molecule has 1 saturated carbocycles. The lowest BCUT2D eigenvalue weighted by Gasteiger charge is -2.20. The van der Waals surface area contributed by atoms with Crippen LogP contribution in [-0.2, 0) is 4.79 Å². The van der Waals surface area contributed by atoms with E-state index in [1.807, 2.05) is 6.92 Å². The van der Waals surface area contributed by atoms with E-state index in [1.165, 1.54) is 18.2 Å². The highest BCUT2D eigenvalue weighted by molar-refractivity contribution is 5.79. The molecule has 0 amide bonds. The lowest BCUT2D eigenvalue weighted by atomic mass is 9.89. The summed E-state index contributed by atoms with van der Waals surface area (Å²) in [7, 11) is 0. The van der Waals surface area contributed by atoms with Crippen LogP contribution >= 0.6 is 0 Å². The number of rotatable bonds is 2. The lowest BCUT2D eigenvalue weighted by Crippen LogP contribution is -2.29. The summed E-state index contributed by atoms with van der Waals surface area (Å²) in [5, 5.41) is 0. The highest BCUT2D eigenvalue weighted by Gasteiger charge is 2.38. The molecule has 0 aromatic heterocycles. The number of hydrogen-bond acceptors (Lipinski definition) is 2. The second-order valence-corrected chi connectivity index (χ2v) is 4.61. The molecule has 86 valence electrons. The topological polar surface area (TPSA) is 26.3 Å². The second kappa shape index (κ2) is 4.24. The van der Waals surface area contributed by atoms with E-state index in [4.69, 9.17) is 4.74 Å². The van der Waals surface area contributed by atoms with Crippen molar-refractivity contribution in [3.8, 4) is 5.75 Å². The molecular weight excluding hydrogens is 207 g/mol. The average Bonchev–Trinajstić information content (AvgIpc) is 2.66. The minimum Gasteiger partial charge on any atom is -0.426 e. The molecule has 1 aromatic rings. The summed E-state index contributed by atoms with van der Waals surface area (Å²) in [6.07, 6.45) is 3.85. The third kappa shape index (κ3) is 2.23. The van der Waals surface area contributed by atoms with Crippen LogP contribution in [0.2, 0.25) is 0 Å². The lowest BCUT2D eigenvalue weighted by molar-refractivity contribution is -0.144. The van der Waals surface area contributed by atoms with Gasteiger partial charge in [0.25, 0.3) is 0 Å². The van der Waals surface area contributed by atoms with E-state index in [1.54, 1.807) is 6.07 Å². The van der Waals surface area contributed by atoms with Gasteiger partial charge in [-0.3, -0.25) is 4.79 Å². The summed E-state index contributed by atoms with van der Waals surface area (Å²) >= 11 is 0. The summed E-state index contributed by atoms with van der Waals surface area (Å²) in [5.74, 6) is -0.337. The van der Waals surface area contributed by atoms with Crippen molar-refractivity contribution in [3.63, 3.8) is 0 Å². The van der Waals surface area contributed by atoms with E-state index < -0.39 is 0 Å². The Kier molecular flexibility index (Phi) is 2.95. The van der Waals surface area contributed by atoms with Gasteiger partial charge in [-0.2, -0.15) is 0 Å². The SMILES string of the molecule is CC1(C(=O)Oc2cccc(F)c2)CCCC1. The minimum atomic E-state index is -0.387. The molecule has 3 heteroatoms. The van der Waals surface area contributed by atoms with Crippen molar-refractivity contribution in [1.29, 1.82) is 0 Å². The zero-order valence-electron chi connectivity index (χ0n) is 9.33. The number of ether oxygens (including phenoxy) is 1. The summed E-state index contributed by atoms with van der Waals surface area (Å²) in [6.45, 7) is 1.92. The molecule has 0 unspecified atom stereocenters. The molecule has 2 nitrogen and oxygen atoms in total. The molecule has 0 atom stereocenters. The highest BCUT2D eigenvalue weighted by atomic mass is 19.1. The molecule has 0 bridgehead atoms. The Labute approximate surface area is 94.4 Å². The van der Waals surface area contributed by atoms with E-state index in [-0.39, 0.29) is 23.0 Å². The van der Waals surface area contributed by atoms with E-state index in [2.05, 4.69) is 0 Å². The molecule has 1 aromatic carbocycles. The van der Waals surface area contributed by atoms with Crippen LogP contribution in [0.25, 0.3) is 0 Å². The molecule has 2 rings (SSSR count). The van der Waals surface area contributed by atoms with Crippen LogP contribution in [0.4, 0.5) is 4.39 Å². The van der Waals surface area contributed by atoms with Gasteiger partial charge in [0.15, 0.2) is 0 Å². The molecular formula is C13H15FO2. The summed E-state index contributed by atoms with van der Waals surface area (Å²) in [5.41, 5.74) is -0.383. The molecule has 0 heterocycles. The molecule has 0 radical (unpaired) electrons. The van der Waals surface area contributed by atoms with Gasteiger partial charge in [-0.25, -0.2) is 4.39 Å². The Hall–Kier alpha value is -1.38. The molecule has 16 heavy (non-hydrogen) atoms. The van der Waals surface area contributed by atoms with Crippen LogP contribution in [0.5, 0.6) is 5.75 Å². The highest BCUT2D eigenvalue weighted by Crippen LogP contribution is 2.38. The maximum atomic E-state index is 12.9. The van der Waals surface area contributed by atoms with Crippen molar-refractivity contribution in [3.05, 3.63) is 30.1 Å². The van der Waals surface area contributed by atoms with Crippen molar-refractivity contribution >= 4 is 5.97 Å². The number of hydrogen-bond donors (Lipinski definition) is 0. The molecule has 1 aliphatic carbocycles. The van der Waals surface area contributed by atoms with Crippen LogP contribution in [0, 0.1) is 11.2 Å². The van der Waals surface area contributed by atoms with Gasteiger partial charge in [0.1, 0.15) is 11.6 Å². The van der Waals surface area contributed by atoms with Crippen LogP contribution in [0.1, 0.15) is 32.6 Å². The third-order valence-corrected chi connectivity index (χ3v) is 3.21. The van der Waals surface area contributed by atoms with Gasteiger partial charge >= 0.3 is 5.97 Å². The zero-order valence-corrected chi connectivity index (χ0v) is 9.33. The molecule has 0 aliphatic heterocycles. The van der Waals surface area contributed by atoms with Crippen LogP contribution in [-0.4, -0.2) is 5.97 Å². The number of esters is 1. The Balaban J connectivity index is 2.07. The first-order valence-corrected chi connectivity index (χ1v) is 5.58. The molecule has 0 saturated heterocycles. The van der Waals surface area contributed by atoms with Crippen LogP contribution < -0.4 is 4.74 Å². The van der Waals surface area contributed by atoms with Gasteiger partial charge < -0.3 is 4.74 Å². The van der Waals surface area contributed by atoms with Gasteiger partial charge in [0.2, 0.25) is 0 Å². The van der Waals surface area contributed by atoms with Crippen LogP contribution in [0.15, 0.2) is 24.3 Å². The first-order chi connectivity index (χ1) is 7.60. The number of carbonyl (C=O) groups excluding carboxylic acids is 1. The molecule has 0 N–H and O–H groups in total. The Morgan fingerprint density at radius 2 is 2.06 bits per heavy atom. The average molecular weight is 222 g/mol. The van der Waals surface area contributed by atoms with E-state index in [0.29, 0.717) is 0 Å².